The molecule has 1 aromatic carbocycles. The summed E-state index contributed by atoms with van der Waals surface area (Å²) in [5.41, 5.74) is 10.1. The van der Waals surface area contributed by atoms with Crippen molar-refractivity contribution in [2.24, 2.45) is 0 Å². The molecule has 0 aliphatic heterocycles. The minimum Gasteiger partial charge on any atom is -0.396 e. The van der Waals surface area contributed by atoms with E-state index in [-0.39, 0.29) is 0 Å². The van der Waals surface area contributed by atoms with Gasteiger partial charge in [0.15, 0.2) is 0 Å². The highest BCUT2D eigenvalue weighted by molar-refractivity contribution is 9.10. The van der Waals surface area contributed by atoms with E-state index in [0.717, 1.165) is 20.7 Å². The zero-order valence-corrected chi connectivity index (χ0v) is 13.4. The lowest BCUT2D eigenvalue weighted by Crippen LogP contribution is -2.00. The summed E-state index contributed by atoms with van der Waals surface area (Å²) in [6.07, 6.45) is 1.90. The molecule has 0 aliphatic rings. The highest BCUT2D eigenvalue weighted by Crippen LogP contribution is 2.31. The van der Waals surface area contributed by atoms with Crippen LogP contribution in [0.3, 0.4) is 0 Å². The van der Waals surface area contributed by atoms with E-state index in [9.17, 15) is 0 Å². The maximum Gasteiger partial charge on any atom is 0.125 e. The van der Waals surface area contributed by atoms with Crippen LogP contribution in [0, 0.1) is 6.92 Å². The van der Waals surface area contributed by atoms with Crippen molar-refractivity contribution in [3.63, 3.8) is 0 Å². The molecule has 0 saturated heterocycles. The van der Waals surface area contributed by atoms with Crippen molar-refractivity contribution in [2.45, 2.75) is 13.5 Å². The fraction of sp³-hybridized carbons (Fsp3) is 0.133. The zero-order chi connectivity index (χ0) is 14.1. The van der Waals surface area contributed by atoms with Crippen molar-refractivity contribution in [2.75, 3.05) is 5.73 Å². The Morgan fingerprint density at radius 1 is 1.35 bits per heavy atom. The van der Waals surface area contributed by atoms with Crippen molar-refractivity contribution in [1.82, 2.24) is 9.78 Å². The highest BCUT2D eigenvalue weighted by Gasteiger charge is 2.12. The maximum atomic E-state index is 6.10. The van der Waals surface area contributed by atoms with Crippen LogP contribution in [-0.2, 0) is 6.54 Å². The lowest BCUT2D eigenvalue weighted by Gasteiger charge is -2.02. The molecular formula is C15H14BrN3S. The van der Waals surface area contributed by atoms with E-state index in [4.69, 9.17) is 5.73 Å². The molecule has 0 amide bonds. The maximum absolute atomic E-state index is 6.10. The summed E-state index contributed by atoms with van der Waals surface area (Å²) >= 11 is 5.16. The van der Waals surface area contributed by atoms with Crippen LogP contribution in [0.4, 0.5) is 5.69 Å². The van der Waals surface area contributed by atoms with Gasteiger partial charge in [0, 0.05) is 10.7 Å². The topological polar surface area (TPSA) is 43.8 Å². The van der Waals surface area contributed by atoms with Crippen LogP contribution in [0.1, 0.15) is 11.1 Å². The Morgan fingerprint density at radius 3 is 2.90 bits per heavy atom. The molecule has 0 fully saturated rings. The van der Waals surface area contributed by atoms with E-state index in [1.807, 2.05) is 23.0 Å². The van der Waals surface area contributed by atoms with Crippen LogP contribution in [0.5, 0.6) is 0 Å². The minimum absolute atomic E-state index is 0.716. The van der Waals surface area contributed by atoms with Gasteiger partial charge in [0.25, 0.3) is 0 Å². The molecule has 0 spiro atoms. The normalized spacial score (nSPS) is 10.9. The molecule has 20 heavy (non-hydrogen) atoms. The van der Waals surface area contributed by atoms with Crippen molar-refractivity contribution in [3.8, 4) is 10.6 Å². The first kappa shape index (κ1) is 13.4. The molecule has 5 heteroatoms. The van der Waals surface area contributed by atoms with Crippen LogP contribution < -0.4 is 5.73 Å². The van der Waals surface area contributed by atoms with Crippen molar-refractivity contribution in [1.29, 1.82) is 0 Å². The Balaban J connectivity index is 1.91. The second-order valence-electron chi connectivity index (χ2n) is 4.69. The van der Waals surface area contributed by atoms with E-state index in [1.54, 1.807) is 11.3 Å². The van der Waals surface area contributed by atoms with Gasteiger partial charge in [-0.25, -0.2) is 0 Å². The van der Waals surface area contributed by atoms with Crippen LogP contribution in [0.2, 0.25) is 0 Å². The first-order valence-electron chi connectivity index (χ1n) is 6.25. The standard InChI is InChI=1S/C15H14BrN3S/c1-10-5-6-20-15(10)14-13(17)9-19(18-14)8-11-3-2-4-12(16)7-11/h2-7,9H,8,17H2,1H3. The quantitative estimate of drug-likeness (QED) is 0.766. The number of aromatic nitrogens is 2. The molecule has 0 unspecified atom stereocenters. The van der Waals surface area contributed by atoms with Crippen LogP contribution in [-0.4, -0.2) is 9.78 Å². The molecule has 0 radical (unpaired) electrons. The van der Waals surface area contributed by atoms with Crippen LogP contribution in [0.15, 0.2) is 46.4 Å². The van der Waals surface area contributed by atoms with Gasteiger partial charge in [-0.1, -0.05) is 28.1 Å². The molecule has 2 N–H and O–H groups in total. The molecule has 2 aromatic heterocycles. The van der Waals surface area contributed by atoms with Crippen LogP contribution in [0.25, 0.3) is 10.6 Å². The third-order valence-electron chi connectivity index (χ3n) is 3.10. The number of rotatable bonds is 3. The Hall–Kier alpha value is -1.59. The van der Waals surface area contributed by atoms with E-state index >= 15 is 0 Å². The largest absolute Gasteiger partial charge is 0.396 e. The number of aryl methyl sites for hydroxylation is 1. The molecule has 0 saturated carbocycles. The second kappa shape index (κ2) is 5.42. The number of halogens is 1. The van der Waals surface area contributed by atoms with Crippen molar-refractivity contribution < 1.29 is 0 Å². The summed E-state index contributed by atoms with van der Waals surface area (Å²) in [6, 6.07) is 10.3. The highest BCUT2D eigenvalue weighted by atomic mass is 79.9. The van der Waals surface area contributed by atoms with E-state index in [2.05, 4.69) is 51.5 Å². The number of hydrogen-bond acceptors (Lipinski definition) is 3. The molecular weight excluding hydrogens is 334 g/mol. The number of nitrogens with two attached hydrogens (primary N) is 1. The van der Waals surface area contributed by atoms with Crippen molar-refractivity contribution >= 4 is 33.0 Å². The molecule has 0 bridgehead atoms. The van der Waals surface area contributed by atoms with Gasteiger partial charge >= 0.3 is 0 Å². The fourth-order valence-electron chi connectivity index (χ4n) is 2.13. The number of benzene rings is 1. The summed E-state index contributed by atoms with van der Waals surface area (Å²) in [5.74, 6) is 0. The van der Waals surface area contributed by atoms with Gasteiger partial charge in [-0.2, -0.15) is 5.10 Å². The second-order valence-corrected chi connectivity index (χ2v) is 6.53. The van der Waals surface area contributed by atoms with Gasteiger partial charge < -0.3 is 5.73 Å². The Morgan fingerprint density at radius 2 is 2.20 bits per heavy atom. The number of thiophene rings is 1. The molecule has 3 rings (SSSR count). The molecule has 3 aromatic rings. The average molecular weight is 348 g/mol. The van der Waals surface area contributed by atoms with Gasteiger partial charge in [-0.3, -0.25) is 4.68 Å². The number of nitrogen functional groups attached to an aromatic ring is 1. The van der Waals surface area contributed by atoms with E-state index in [0.29, 0.717) is 6.54 Å². The Kier molecular flexibility index (Phi) is 3.63. The number of anilines is 1. The van der Waals surface area contributed by atoms with Gasteiger partial charge in [0.2, 0.25) is 0 Å². The third kappa shape index (κ3) is 2.64. The molecule has 3 nitrogen and oxygen atoms in total. The third-order valence-corrected chi connectivity index (χ3v) is 4.62. The first-order valence-corrected chi connectivity index (χ1v) is 7.92. The predicted molar refractivity (Wildman–Crippen MR) is 87.9 cm³/mol. The predicted octanol–water partition coefficient (Wildman–Crippen LogP) is 4.31. The SMILES string of the molecule is Cc1ccsc1-c1nn(Cc2cccc(Br)c2)cc1N. The van der Waals surface area contributed by atoms with Gasteiger partial charge in [-0.05, 0) is 41.6 Å². The summed E-state index contributed by atoms with van der Waals surface area (Å²) < 4.78 is 2.97. The summed E-state index contributed by atoms with van der Waals surface area (Å²) in [4.78, 5) is 1.15. The summed E-state index contributed by atoms with van der Waals surface area (Å²) in [6.45, 7) is 2.80. The average Bonchev–Trinajstić information content (AvgIpc) is 2.95. The van der Waals surface area contributed by atoms with Crippen LogP contribution >= 0.6 is 27.3 Å². The summed E-state index contributed by atoms with van der Waals surface area (Å²) in [5, 5.41) is 6.69. The zero-order valence-electron chi connectivity index (χ0n) is 11.0. The van der Waals surface area contributed by atoms with Crippen molar-refractivity contribution in [3.05, 3.63) is 57.5 Å². The smallest absolute Gasteiger partial charge is 0.125 e. The molecule has 2 heterocycles. The Bertz CT molecular complexity index is 745. The fourth-order valence-corrected chi connectivity index (χ4v) is 3.51. The molecule has 102 valence electrons. The molecule has 0 aliphatic carbocycles. The van der Waals surface area contributed by atoms with E-state index < -0.39 is 0 Å². The van der Waals surface area contributed by atoms with E-state index in [1.165, 1.54) is 11.1 Å². The Labute approximate surface area is 130 Å². The number of nitrogens with zero attached hydrogens (tertiary/aromatic N) is 2. The first-order chi connectivity index (χ1) is 9.63. The lowest BCUT2D eigenvalue weighted by atomic mass is 10.2. The summed E-state index contributed by atoms with van der Waals surface area (Å²) in [7, 11) is 0. The van der Waals surface area contributed by atoms with Gasteiger partial charge in [0.1, 0.15) is 5.69 Å². The van der Waals surface area contributed by atoms with Gasteiger partial charge in [-0.15, -0.1) is 11.3 Å². The van der Waals surface area contributed by atoms with Gasteiger partial charge in [0.05, 0.1) is 17.1 Å². The molecule has 0 atom stereocenters. The number of hydrogen-bond donors (Lipinski definition) is 1. The monoisotopic (exact) mass is 347 g/mol. The minimum atomic E-state index is 0.716. The lowest BCUT2D eigenvalue weighted by molar-refractivity contribution is 0.689.